The molecular weight excluding hydrogens is 699 g/mol. The normalized spacial score (nSPS) is 13.5. The Hall–Kier alpha value is -7.70. The lowest BCUT2D eigenvalue weighted by Crippen LogP contribution is -2.24. The van der Waals surface area contributed by atoms with E-state index in [4.69, 9.17) is 15.0 Å². The highest BCUT2D eigenvalue weighted by molar-refractivity contribution is 6.22. The summed E-state index contributed by atoms with van der Waals surface area (Å²) in [5.74, 6) is 0.540. The van der Waals surface area contributed by atoms with E-state index in [2.05, 4.69) is 100 Å². The zero-order valence-corrected chi connectivity index (χ0v) is 30.7. The quantitative estimate of drug-likeness (QED) is 0.171. The zero-order chi connectivity index (χ0) is 37.9. The van der Waals surface area contributed by atoms with Gasteiger partial charge < -0.3 is 9.13 Å². The van der Waals surface area contributed by atoms with Crippen LogP contribution in [0.2, 0.25) is 0 Å². The number of aromatic nitrogens is 5. The Morgan fingerprint density at radius 1 is 0.404 bits per heavy atom. The van der Waals surface area contributed by atoms with Gasteiger partial charge in [0.25, 0.3) is 0 Å². The largest absolute Gasteiger partial charge is 0.307 e. The number of carbonyl (C=O) groups is 1. The Bertz CT molecular complexity index is 3060. The van der Waals surface area contributed by atoms with Crippen LogP contribution in [0.25, 0.3) is 78.5 Å². The number of hydrogen-bond donors (Lipinski definition) is 0. The Morgan fingerprint density at radius 2 is 0.877 bits per heavy atom. The Balaban J connectivity index is 1.31. The van der Waals surface area contributed by atoms with Crippen LogP contribution in [0.15, 0.2) is 194 Å². The molecule has 268 valence electrons. The van der Waals surface area contributed by atoms with Crippen molar-refractivity contribution in [2.45, 2.75) is 5.92 Å². The van der Waals surface area contributed by atoms with Crippen LogP contribution in [0.4, 0.5) is 0 Å². The summed E-state index contributed by atoms with van der Waals surface area (Å²) in [5, 5.41) is 1.85. The predicted octanol–water partition coefficient (Wildman–Crippen LogP) is 11.8. The number of nitrogens with zero attached hydrogens (tertiary/aromatic N) is 5. The average Bonchev–Trinajstić information content (AvgIpc) is 3.81. The van der Waals surface area contributed by atoms with Gasteiger partial charge in [-0.05, 0) is 53.6 Å². The molecule has 1 aliphatic carbocycles. The summed E-state index contributed by atoms with van der Waals surface area (Å²) >= 11 is 0. The highest BCUT2D eigenvalue weighted by Crippen LogP contribution is 2.52. The molecule has 11 rings (SSSR count). The van der Waals surface area contributed by atoms with Gasteiger partial charge in [0, 0.05) is 38.8 Å². The standard InChI is InChI=1S/C51H33N5O/c57-48-44-39-28-16-17-29-41(39)55(37-24-12-4-13-25-37)47(44)46-43(40-32-36(33-18-6-1-7-19-33)30-31-42(40)56(46)38-26-14-5-15-27-38)45(48)51-53-49(34-20-8-2-9-21-34)52-50(54-51)35-22-10-3-11-23-35/h1-32,45H. The van der Waals surface area contributed by atoms with Crippen LogP contribution < -0.4 is 0 Å². The molecule has 3 heterocycles. The molecular formula is C51H33N5O. The maximum atomic E-state index is 16.0. The van der Waals surface area contributed by atoms with Gasteiger partial charge in [0.2, 0.25) is 0 Å². The van der Waals surface area contributed by atoms with Crippen LogP contribution in [0.5, 0.6) is 0 Å². The van der Waals surface area contributed by atoms with Crippen LogP contribution in [-0.4, -0.2) is 29.9 Å². The number of carbonyl (C=O) groups excluding carboxylic acids is 1. The molecule has 6 heteroatoms. The van der Waals surface area contributed by atoms with E-state index < -0.39 is 5.92 Å². The number of fused-ring (bicyclic) bond motifs is 7. The molecule has 0 saturated carbocycles. The minimum Gasteiger partial charge on any atom is -0.307 e. The van der Waals surface area contributed by atoms with Crippen LogP contribution >= 0.6 is 0 Å². The Morgan fingerprint density at radius 3 is 1.46 bits per heavy atom. The van der Waals surface area contributed by atoms with Crippen molar-refractivity contribution in [3.63, 3.8) is 0 Å². The number of para-hydroxylation sites is 3. The molecule has 0 radical (unpaired) electrons. The van der Waals surface area contributed by atoms with Gasteiger partial charge in [0.05, 0.1) is 28.0 Å². The SMILES string of the molecule is O=C1c2c(n(-c3ccccc3)c3ccccc23)-c2c(c3cc(-c4ccccc4)ccc3n2-c2ccccc2)C1c1nc(-c2ccccc2)nc(-c2ccccc2)n1. The van der Waals surface area contributed by atoms with Gasteiger partial charge in [-0.2, -0.15) is 0 Å². The number of benzene rings is 7. The summed E-state index contributed by atoms with van der Waals surface area (Å²) in [6, 6.07) is 65.9. The van der Waals surface area contributed by atoms with Gasteiger partial charge in [-0.3, -0.25) is 4.79 Å². The van der Waals surface area contributed by atoms with Crippen LogP contribution in [0.3, 0.4) is 0 Å². The molecule has 0 bridgehead atoms. The Kier molecular flexibility index (Phi) is 7.60. The molecule has 0 saturated heterocycles. The van der Waals surface area contributed by atoms with Crippen molar-refractivity contribution in [3.05, 3.63) is 211 Å². The van der Waals surface area contributed by atoms with E-state index in [9.17, 15) is 0 Å². The monoisotopic (exact) mass is 731 g/mol. The molecule has 1 atom stereocenters. The van der Waals surface area contributed by atoms with Crippen LogP contribution in [0.1, 0.15) is 27.7 Å². The lowest BCUT2D eigenvalue weighted by Gasteiger charge is -2.25. The summed E-state index contributed by atoms with van der Waals surface area (Å²) in [5.41, 5.74) is 11.1. The first kappa shape index (κ1) is 32.7. The van der Waals surface area contributed by atoms with E-state index in [1.807, 2.05) is 103 Å². The summed E-state index contributed by atoms with van der Waals surface area (Å²) in [6.07, 6.45) is 0. The van der Waals surface area contributed by atoms with Gasteiger partial charge in [-0.1, -0.05) is 152 Å². The summed E-state index contributed by atoms with van der Waals surface area (Å²) in [4.78, 5) is 31.4. The minimum absolute atomic E-state index is 0.0511. The number of Topliss-reactive ketones (excluding diaryl/α,β-unsaturated/α-hetero) is 1. The zero-order valence-electron chi connectivity index (χ0n) is 30.7. The van der Waals surface area contributed by atoms with Gasteiger partial charge >= 0.3 is 0 Å². The van der Waals surface area contributed by atoms with Crippen molar-refractivity contribution in [2.75, 3.05) is 0 Å². The van der Waals surface area contributed by atoms with Crippen molar-refractivity contribution in [3.8, 4) is 56.7 Å². The first-order valence-electron chi connectivity index (χ1n) is 19.1. The molecule has 1 aliphatic rings. The molecule has 3 aromatic heterocycles. The third-order valence-corrected chi connectivity index (χ3v) is 11.0. The predicted molar refractivity (Wildman–Crippen MR) is 228 cm³/mol. The summed E-state index contributed by atoms with van der Waals surface area (Å²) in [6.45, 7) is 0. The second kappa shape index (κ2) is 13.3. The molecule has 0 N–H and O–H groups in total. The van der Waals surface area contributed by atoms with Crippen molar-refractivity contribution in [2.24, 2.45) is 0 Å². The van der Waals surface area contributed by atoms with Crippen molar-refractivity contribution in [1.82, 2.24) is 24.1 Å². The van der Waals surface area contributed by atoms with Crippen molar-refractivity contribution in [1.29, 1.82) is 0 Å². The molecule has 0 aliphatic heterocycles. The summed E-state index contributed by atoms with van der Waals surface area (Å²) < 4.78 is 4.58. The van der Waals surface area contributed by atoms with E-state index in [0.717, 1.165) is 72.4 Å². The lowest BCUT2D eigenvalue weighted by molar-refractivity contribution is 0.0971. The molecule has 57 heavy (non-hydrogen) atoms. The number of rotatable bonds is 6. The van der Waals surface area contributed by atoms with E-state index in [-0.39, 0.29) is 5.78 Å². The van der Waals surface area contributed by atoms with Gasteiger partial charge in [0.1, 0.15) is 11.7 Å². The first-order valence-corrected chi connectivity index (χ1v) is 19.1. The third kappa shape index (κ3) is 5.26. The smallest absolute Gasteiger partial charge is 0.180 e. The van der Waals surface area contributed by atoms with Crippen molar-refractivity contribution < 1.29 is 4.79 Å². The second-order valence-electron chi connectivity index (χ2n) is 14.3. The third-order valence-electron chi connectivity index (χ3n) is 11.0. The maximum Gasteiger partial charge on any atom is 0.180 e. The van der Waals surface area contributed by atoms with Crippen LogP contribution in [-0.2, 0) is 0 Å². The Labute approximate surface area is 329 Å². The molecule has 0 fully saturated rings. The van der Waals surface area contributed by atoms with E-state index in [0.29, 0.717) is 23.0 Å². The minimum atomic E-state index is -0.853. The molecule has 6 nitrogen and oxygen atoms in total. The fourth-order valence-corrected chi connectivity index (χ4v) is 8.53. The van der Waals surface area contributed by atoms with Gasteiger partial charge in [0.15, 0.2) is 17.4 Å². The molecule has 7 aromatic carbocycles. The van der Waals surface area contributed by atoms with Crippen molar-refractivity contribution >= 4 is 27.6 Å². The molecule has 10 aromatic rings. The fourth-order valence-electron chi connectivity index (χ4n) is 8.53. The number of hydrogen-bond acceptors (Lipinski definition) is 4. The lowest BCUT2D eigenvalue weighted by atomic mass is 9.80. The van der Waals surface area contributed by atoms with E-state index in [1.54, 1.807) is 0 Å². The fraction of sp³-hybridized carbons (Fsp3) is 0.0196. The average molecular weight is 732 g/mol. The highest BCUT2D eigenvalue weighted by Gasteiger charge is 2.44. The highest BCUT2D eigenvalue weighted by atomic mass is 16.1. The first-order chi connectivity index (χ1) is 28.2. The summed E-state index contributed by atoms with van der Waals surface area (Å²) in [7, 11) is 0. The molecule has 0 spiro atoms. The topological polar surface area (TPSA) is 65.6 Å². The van der Waals surface area contributed by atoms with Crippen LogP contribution in [0, 0.1) is 0 Å². The van der Waals surface area contributed by atoms with Gasteiger partial charge in [-0.15, -0.1) is 0 Å². The molecule has 0 amide bonds. The number of ketones is 1. The van der Waals surface area contributed by atoms with Gasteiger partial charge in [-0.25, -0.2) is 15.0 Å². The molecule has 1 unspecified atom stereocenters. The van der Waals surface area contributed by atoms with E-state index in [1.165, 1.54) is 0 Å². The maximum absolute atomic E-state index is 16.0. The van der Waals surface area contributed by atoms with E-state index >= 15 is 4.79 Å². The second-order valence-corrected chi connectivity index (χ2v) is 14.3.